The predicted octanol–water partition coefficient (Wildman–Crippen LogP) is 6.50. The van der Waals surface area contributed by atoms with Crippen LogP contribution in [-0.2, 0) is 18.4 Å². The zero-order chi connectivity index (χ0) is 27.0. The van der Waals surface area contributed by atoms with Crippen LogP contribution in [-0.4, -0.2) is 57.8 Å². The number of nitro groups is 1. The largest absolute Gasteiger partial charge is 0.491 e. The third kappa shape index (κ3) is 11.3. The smallest absolute Gasteiger partial charge is 0.313 e. The molecule has 11 heteroatoms. The topological polar surface area (TPSA) is 98.5 Å². The summed E-state index contributed by atoms with van der Waals surface area (Å²) in [6.07, 6.45) is 0. The van der Waals surface area contributed by atoms with Crippen molar-refractivity contribution in [2.24, 2.45) is 0 Å². The SMILES string of the molecule is Cc1ccc(SOCCOCCOCCOCCOc2ccc(Oc3ccc(Cl)cc3[N+](=O)[O-])cc2)cc1. The first-order valence-electron chi connectivity index (χ1n) is 12.0. The van der Waals surface area contributed by atoms with Gasteiger partial charge in [-0.25, -0.2) is 0 Å². The molecular weight excluding hydrogens is 534 g/mol. The van der Waals surface area contributed by atoms with Crippen LogP contribution in [0.4, 0.5) is 5.69 Å². The van der Waals surface area contributed by atoms with Crippen molar-refractivity contribution in [3.8, 4) is 17.2 Å². The van der Waals surface area contributed by atoms with E-state index >= 15 is 0 Å². The maximum absolute atomic E-state index is 11.2. The molecule has 0 N–H and O–H groups in total. The Labute approximate surface area is 231 Å². The van der Waals surface area contributed by atoms with Gasteiger partial charge in [0.25, 0.3) is 0 Å². The fourth-order valence-electron chi connectivity index (χ4n) is 3.01. The third-order valence-electron chi connectivity index (χ3n) is 4.90. The molecule has 3 rings (SSSR count). The van der Waals surface area contributed by atoms with Crippen LogP contribution in [0.1, 0.15) is 5.56 Å². The summed E-state index contributed by atoms with van der Waals surface area (Å²) in [4.78, 5) is 11.7. The number of nitro benzene ring substituents is 1. The van der Waals surface area contributed by atoms with E-state index in [0.29, 0.717) is 64.4 Å². The monoisotopic (exact) mass is 563 g/mol. The van der Waals surface area contributed by atoms with Crippen molar-refractivity contribution in [3.05, 3.63) is 87.4 Å². The lowest BCUT2D eigenvalue weighted by molar-refractivity contribution is -0.385. The minimum absolute atomic E-state index is 0.109. The van der Waals surface area contributed by atoms with Crippen LogP contribution in [0, 0.1) is 17.0 Å². The molecule has 38 heavy (non-hydrogen) atoms. The van der Waals surface area contributed by atoms with Gasteiger partial charge in [0.05, 0.1) is 51.2 Å². The maximum atomic E-state index is 11.2. The number of rotatable bonds is 18. The van der Waals surface area contributed by atoms with Gasteiger partial charge in [0.2, 0.25) is 5.75 Å². The summed E-state index contributed by atoms with van der Waals surface area (Å²) >= 11 is 7.17. The van der Waals surface area contributed by atoms with Crippen LogP contribution in [0.15, 0.2) is 71.6 Å². The lowest BCUT2D eigenvalue weighted by Gasteiger charge is -2.10. The fraction of sp³-hybridized carbons (Fsp3) is 0.333. The molecule has 0 fully saturated rings. The molecular formula is C27H30ClNO8S. The summed E-state index contributed by atoms with van der Waals surface area (Å²) in [7, 11) is 0. The molecule has 204 valence electrons. The van der Waals surface area contributed by atoms with Gasteiger partial charge in [-0.15, -0.1) is 0 Å². The highest BCUT2D eigenvalue weighted by atomic mass is 35.5. The molecule has 0 amide bonds. The van der Waals surface area contributed by atoms with Gasteiger partial charge in [-0.2, -0.15) is 0 Å². The van der Waals surface area contributed by atoms with Gasteiger partial charge in [0.1, 0.15) is 18.1 Å². The summed E-state index contributed by atoms with van der Waals surface area (Å²) < 4.78 is 33.2. The predicted molar refractivity (Wildman–Crippen MR) is 146 cm³/mol. The average molecular weight is 564 g/mol. The van der Waals surface area contributed by atoms with E-state index in [-0.39, 0.29) is 16.5 Å². The van der Waals surface area contributed by atoms with E-state index in [1.165, 1.54) is 35.8 Å². The van der Waals surface area contributed by atoms with Gasteiger partial charge in [-0.1, -0.05) is 29.3 Å². The first-order chi connectivity index (χ1) is 18.5. The molecule has 0 aromatic heterocycles. The van der Waals surface area contributed by atoms with E-state index in [4.69, 9.17) is 39.5 Å². The minimum atomic E-state index is -0.540. The highest BCUT2D eigenvalue weighted by Gasteiger charge is 2.16. The highest BCUT2D eigenvalue weighted by molar-refractivity contribution is 7.94. The molecule has 9 nitrogen and oxygen atoms in total. The molecule has 0 bridgehead atoms. The third-order valence-corrected chi connectivity index (χ3v) is 5.88. The van der Waals surface area contributed by atoms with Crippen molar-refractivity contribution in [1.82, 2.24) is 0 Å². The molecule has 0 spiro atoms. The van der Waals surface area contributed by atoms with Crippen LogP contribution in [0.25, 0.3) is 0 Å². The molecule has 3 aromatic rings. The number of benzene rings is 3. The van der Waals surface area contributed by atoms with Crippen LogP contribution in [0.5, 0.6) is 17.2 Å². The standard InChI is InChI=1S/C27H30ClNO8S/c1-21-2-9-25(10-3-21)38-36-19-17-34-15-13-32-12-14-33-16-18-35-23-5-7-24(8-6-23)37-27-11-4-22(28)20-26(27)29(30)31/h2-11,20H,12-19H2,1H3. The van der Waals surface area contributed by atoms with Crippen molar-refractivity contribution < 1.29 is 32.8 Å². The fourth-order valence-corrected chi connectivity index (χ4v) is 3.71. The summed E-state index contributed by atoms with van der Waals surface area (Å²) in [6, 6.07) is 19.2. The molecule has 0 unspecified atom stereocenters. The number of ether oxygens (including phenoxy) is 5. The lowest BCUT2D eigenvalue weighted by atomic mass is 10.2. The molecule has 0 aliphatic rings. The Hall–Kier alpha value is -2.86. The van der Waals surface area contributed by atoms with Crippen LogP contribution >= 0.6 is 23.6 Å². The second-order valence-corrected chi connectivity index (χ2v) is 9.16. The normalized spacial score (nSPS) is 10.9. The zero-order valence-corrected chi connectivity index (χ0v) is 22.6. The second-order valence-electron chi connectivity index (χ2n) is 7.85. The average Bonchev–Trinajstić information content (AvgIpc) is 2.91. The quantitative estimate of drug-likeness (QED) is 0.0742. The minimum Gasteiger partial charge on any atom is -0.491 e. The van der Waals surface area contributed by atoms with Crippen molar-refractivity contribution >= 4 is 29.3 Å². The van der Waals surface area contributed by atoms with Gasteiger partial charge in [-0.05, 0) is 55.5 Å². The van der Waals surface area contributed by atoms with Crippen molar-refractivity contribution in [2.45, 2.75) is 11.8 Å². The van der Waals surface area contributed by atoms with E-state index in [1.807, 2.05) is 12.1 Å². The summed E-state index contributed by atoms with van der Waals surface area (Å²) in [6.45, 7) is 5.73. The number of hydrogen-bond donors (Lipinski definition) is 0. The Morgan fingerprint density at radius 1 is 0.763 bits per heavy atom. The number of aryl methyl sites for hydroxylation is 1. The summed E-state index contributed by atoms with van der Waals surface area (Å²) in [5, 5.41) is 11.4. The second kappa shape index (κ2) is 16.9. The highest BCUT2D eigenvalue weighted by Crippen LogP contribution is 2.34. The van der Waals surface area contributed by atoms with Gasteiger partial charge < -0.3 is 27.9 Å². The van der Waals surface area contributed by atoms with Crippen molar-refractivity contribution in [1.29, 1.82) is 0 Å². The first-order valence-corrected chi connectivity index (χ1v) is 13.1. The van der Waals surface area contributed by atoms with Crippen LogP contribution in [0.2, 0.25) is 5.02 Å². The Bertz CT molecular complexity index is 1120. The van der Waals surface area contributed by atoms with Crippen LogP contribution in [0.3, 0.4) is 0 Å². The maximum Gasteiger partial charge on any atom is 0.313 e. The molecule has 0 radical (unpaired) electrons. The Balaban J connectivity index is 1.16. The van der Waals surface area contributed by atoms with Gasteiger partial charge in [0.15, 0.2) is 0 Å². The van der Waals surface area contributed by atoms with E-state index < -0.39 is 4.92 Å². The van der Waals surface area contributed by atoms with Crippen molar-refractivity contribution in [2.75, 3.05) is 52.9 Å². The molecule has 3 aromatic carbocycles. The van der Waals surface area contributed by atoms with E-state index in [0.717, 1.165) is 4.90 Å². The van der Waals surface area contributed by atoms with E-state index in [2.05, 4.69) is 19.1 Å². The summed E-state index contributed by atoms with van der Waals surface area (Å²) in [5.74, 6) is 1.17. The summed E-state index contributed by atoms with van der Waals surface area (Å²) in [5.41, 5.74) is 1.02. The van der Waals surface area contributed by atoms with E-state index in [1.54, 1.807) is 24.3 Å². The molecule has 0 saturated carbocycles. The number of halogens is 1. The lowest BCUT2D eigenvalue weighted by Crippen LogP contribution is -2.13. The van der Waals surface area contributed by atoms with Crippen molar-refractivity contribution in [3.63, 3.8) is 0 Å². The first kappa shape index (κ1) is 29.7. The Morgan fingerprint density at radius 2 is 1.34 bits per heavy atom. The van der Waals surface area contributed by atoms with Gasteiger partial charge >= 0.3 is 5.69 Å². The zero-order valence-electron chi connectivity index (χ0n) is 21.0. The number of hydrogen-bond acceptors (Lipinski definition) is 9. The van der Waals surface area contributed by atoms with Crippen LogP contribution < -0.4 is 9.47 Å². The van der Waals surface area contributed by atoms with E-state index in [9.17, 15) is 10.1 Å². The van der Waals surface area contributed by atoms with Gasteiger partial charge in [-0.3, -0.25) is 10.1 Å². The van der Waals surface area contributed by atoms with Gasteiger partial charge in [0, 0.05) is 28.0 Å². The molecule has 0 atom stereocenters. The molecule has 0 aliphatic heterocycles. The Kier molecular flexibility index (Phi) is 13.2. The number of nitrogens with zero attached hydrogens (tertiary/aromatic N) is 1. The molecule has 0 heterocycles. The molecule has 0 saturated heterocycles. The molecule has 0 aliphatic carbocycles. The Morgan fingerprint density at radius 3 is 1.97 bits per heavy atom.